The lowest BCUT2D eigenvalue weighted by Gasteiger charge is -2.19. The molecule has 1 nitrogen and oxygen atoms in total. The summed E-state index contributed by atoms with van der Waals surface area (Å²) in [6.45, 7) is 1.12. The Hall–Kier alpha value is -0.210. The van der Waals surface area contributed by atoms with Crippen molar-refractivity contribution in [2.45, 2.75) is 12.3 Å². The first-order chi connectivity index (χ1) is 6.25. The number of fused-ring (bicyclic) bond motifs is 3. The number of halogens is 2. The van der Waals surface area contributed by atoms with E-state index < -0.39 is 0 Å². The van der Waals surface area contributed by atoms with E-state index in [0.29, 0.717) is 0 Å². The van der Waals surface area contributed by atoms with Gasteiger partial charge < -0.3 is 5.32 Å². The van der Waals surface area contributed by atoms with Crippen molar-refractivity contribution in [2.24, 2.45) is 5.92 Å². The van der Waals surface area contributed by atoms with Crippen molar-refractivity contribution < 1.29 is 0 Å². The van der Waals surface area contributed by atoms with Gasteiger partial charge in [-0.1, -0.05) is 11.6 Å². The van der Waals surface area contributed by atoms with Crippen LogP contribution in [0.4, 0.5) is 5.69 Å². The molecule has 1 fully saturated rings. The zero-order valence-corrected chi connectivity index (χ0v) is 9.32. The summed E-state index contributed by atoms with van der Waals surface area (Å²) in [5.74, 6) is 1.63. The molecule has 1 aromatic rings. The highest BCUT2D eigenvalue weighted by Gasteiger charge is 2.42. The predicted octanol–water partition coefficient (Wildman–Crippen LogP) is 3.63. The topological polar surface area (TPSA) is 12.0 Å². The van der Waals surface area contributed by atoms with Gasteiger partial charge in [0.15, 0.2) is 0 Å². The van der Waals surface area contributed by atoms with Crippen molar-refractivity contribution in [2.75, 3.05) is 11.9 Å². The number of nitrogens with one attached hydrogen (secondary N) is 1. The third-order valence-corrected chi connectivity index (χ3v) is 3.79. The number of anilines is 1. The summed E-state index contributed by atoms with van der Waals surface area (Å²) < 4.78 is 1.10. The third-order valence-electron chi connectivity index (χ3n) is 2.95. The Labute approximate surface area is 90.6 Å². The molecule has 3 heteroatoms. The van der Waals surface area contributed by atoms with Crippen LogP contribution in [0.5, 0.6) is 0 Å². The molecule has 0 amide bonds. The zero-order chi connectivity index (χ0) is 9.00. The van der Waals surface area contributed by atoms with Gasteiger partial charge in [-0.05, 0) is 51.9 Å². The zero-order valence-electron chi connectivity index (χ0n) is 6.98. The molecule has 3 rings (SSSR count). The van der Waals surface area contributed by atoms with Gasteiger partial charge in [-0.25, -0.2) is 0 Å². The summed E-state index contributed by atoms with van der Waals surface area (Å²) in [6.07, 6.45) is 1.33. The lowest BCUT2D eigenvalue weighted by atomic mass is 10.0. The Morgan fingerprint density at radius 2 is 2.31 bits per heavy atom. The van der Waals surface area contributed by atoms with Crippen molar-refractivity contribution in [1.82, 2.24) is 0 Å². The molecule has 2 atom stereocenters. The summed E-state index contributed by atoms with van der Waals surface area (Å²) in [5.41, 5.74) is 2.65. The van der Waals surface area contributed by atoms with Gasteiger partial charge in [0, 0.05) is 16.0 Å². The van der Waals surface area contributed by atoms with Crippen LogP contribution in [-0.2, 0) is 0 Å². The first-order valence-electron chi connectivity index (χ1n) is 4.48. The largest absolute Gasteiger partial charge is 0.384 e. The van der Waals surface area contributed by atoms with Gasteiger partial charge in [-0.15, -0.1) is 0 Å². The molecule has 0 spiro atoms. The molecule has 1 aromatic carbocycles. The van der Waals surface area contributed by atoms with Gasteiger partial charge in [-0.2, -0.15) is 0 Å². The minimum atomic E-state index is 0.770. The predicted molar refractivity (Wildman–Crippen MR) is 58.5 cm³/mol. The molecule has 68 valence electrons. The van der Waals surface area contributed by atoms with Crippen LogP contribution in [0.3, 0.4) is 0 Å². The number of rotatable bonds is 0. The van der Waals surface area contributed by atoms with Gasteiger partial charge in [0.1, 0.15) is 0 Å². The van der Waals surface area contributed by atoms with Crippen molar-refractivity contribution in [3.63, 3.8) is 0 Å². The molecule has 1 saturated carbocycles. The molecule has 2 unspecified atom stereocenters. The van der Waals surface area contributed by atoms with E-state index in [4.69, 9.17) is 11.6 Å². The number of benzene rings is 1. The molecular weight excluding hydrogens is 249 g/mol. The van der Waals surface area contributed by atoms with E-state index >= 15 is 0 Å². The van der Waals surface area contributed by atoms with Gasteiger partial charge >= 0.3 is 0 Å². The molecule has 1 aliphatic carbocycles. The second kappa shape index (κ2) is 2.64. The summed E-state index contributed by atoms with van der Waals surface area (Å²) in [6, 6.07) is 4.05. The lowest BCUT2D eigenvalue weighted by molar-refractivity contribution is 0.815. The Morgan fingerprint density at radius 3 is 3.15 bits per heavy atom. The molecule has 2 aliphatic rings. The maximum absolute atomic E-state index is 6.01. The minimum Gasteiger partial charge on any atom is -0.384 e. The average Bonchev–Trinajstić information content (AvgIpc) is 2.82. The van der Waals surface area contributed by atoms with Crippen LogP contribution >= 0.6 is 27.5 Å². The van der Waals surface area contributed by atoms with E-state index in [0.717, 1.165) is 27.9 Å². The fourth-order valence-electron chi connectivity index (χ4n) is 2.16. The maximum atomic E-state index is 6.01. The van der Waals surface area contributed by atoms with E-state index in [1.54, 1.807) is 0 Å². The second-order valence-corrected chi connectivity index (χ2v) is 5.13. The van der Waals surface area contributed by atoms with Crippen LogP contribution in [0.15, 0.2) is 16.6 Å². The van der Waals surface area contributed by atoms with E-state index in [1.807, 2.05) is 6.07 Å². The van der Waals surface area contributed by atoms with Crippen molar-refractivity contribution in [3.8, 4) is 0 Å². The SMILES string of the molecule is Clc1cc(Br)c2c(c1)C1CC1CN2. The van der Waals surface area contributed by atoms with Crippen molar-refractivity contribution in [1.29, 1.82) is 0 Å². The summed E-state index contributed by atoms with van der Waals surface area (Å²) in [7, 11) is 0. The van der Waals surface area contributed by atoms with Crippen LogP contribution in [0, 0.1) is 5.92 Å². The third kappa shape index (κ3) is 1.19. The highest BCUT2D eigenvalue weighted by Crippen LogP contribution is 2.54. The van der Waals surface area contributed by atoms with Gasteiger partial charge in [0.2, 0.25) is 0 Å². The quantitative estimate of drug-likeness (QED) is 0.749. The fourth-order valence-corrected chi connectivity index (χ4v) is 3.13. The molecule has 0 bridgehead atoms. The highest BCUT2D eigenvalue weighted by atomic mass is 79.9. The van der Waals surface area contributed by atoms with Crippen LogP contribution in [0.2, 0.25) is 5.02 Å². The highest BCUT2D eigenvalue weighted by molar-refractivity contribution is 9.10. The standard InChI is InChI=1S/C10H9BrClN/c11-9-3-6(12)2-8-7-1-5(7)4-13-10(8)9/h2-3,5,7,13H,1,4H2. The molecule has 0 aromatic heterocycles. The number of hydrogen-bond donors (Lipinski definition) is 1. The van der Waals surface area contributed by atoms with Crippen molar-refractivity contribution in [3.05, 3.63) is 27.2 Å². The molecule has 1 aliphatic heterocycles. The Morgan fingerprint density at radius 1 is 1.46 bits per heavy atom. The van der Waals surface area contributed by atoms with E-state index in [2.05, 4.69) is 27.3 Å². The van der Waals surface area contributed by atoms with Crippen LogP contribution in [-0.4, -0.2) is 6.54 Å². The molecule has 0 radical (unpaired) electrons. The Bertz CT molecular complexity index is 377. The summed E-state index contributed by atoms with van der Waals surface area (Å²) >= 11 is 9.54. The summed E-state index contributed by atoms with van der Waals surface area (Å²) in [4.78, 5) is 0. The normalized spacial score (nSPS) is 28.8. The van der Waals surface area contributed by atoms with E-state index in [-0.39, 0.29) is 0 Å². The smallest absolute Gasteiger partial charge is 0.0521 e. The molecule has 0 saturated heterocycles. The van der Waals surface area contributed by atoms with E-state index in [1.165, 1.54) is 17.7 Å². The Kier molecular flexibility index (Phi) is 1.65. The molecular formula is C10H9BrClN. The van der Waals surface area contributed by atoms with Crippen molar-refractivity contribution >= 4 is 33.2 Å². The maximum Gasteiger partial charge on any atom is 0.0521 e. The monoisotopic (exact) mass is 257 g/mol. The summed E-state index contributed by atoms with van der Waals surface area (Å²) in [5, 5.41) is 4.28. The molecule has 13 heavy (non-hydrogen) atoms. The first-order valence-corrected chi connectivity index (χ1v) is 5.65. The van der Waals surface area contributed by atoms with Crippen LogP contribution in [0.1, 0.15) is 17.9 Å². The van der Waals surface area contributed by atoms with Crippen LogP contribution in [0.25, 0.3) is 0 Å². The molecule has 1 N–H and O–H groups in total. The average molecular weight is 259 g/mol. The number of hydrogen-bond acceptors (Lipinski definition) is 1. The van der Waals surface area contributed by atoms with Gasteiger partial charge in [0.25, 0.3) is 0 Å². The fraction of sp³-hybridized carbons (Fsp3) is 0.400. The van der Waals surface area contributed by atoms with Gasteiger partial charge in [0.05, 0.1) is 5.69 Å². The molecule has 1 heterocycles. The first kappa shape index (κ1) is 8.13. The van der Waals surface area contributed by atoms with Gasteiger partial charge in [-0.3, -0.25) is 0 Å². The Balaban J connectivity index is 2.19. The van der Waals surface area contributed by atoms with Crippen LogP contribution < -0.4 is 5.32 Å². The lowest BCUT2D eigenvalue weighted by Crippen LogP contribution is -2.12. The second-order valence-electron chi connectivity index (χ2n) is 3.84. The minimum absolute atomic E-state index is 0.770. The van der Waals surface area contributed by atoms with E-state index in [9.17, 15) is 0 Å².